The summed E-state index contributed by atoms with van der Waals surface area (Å²) in [5.41, 5.74) is 2.04. The number of nitrogens with one attached hydrogen (secondary N) is 1. The first-order chi connectivity index (χ1) is 9.44. The number of likely N-dealkylation sites (N-methyl/N-ethyl adjacent to an activating group) is 2. The fourth-order valence-electron chi connectivity index (χ4n) is 1.78. The molecule has 0 saturated heterocycles. The number of nitrogens with zero attached hydrogens (tertiary/aromatic N) is 3. The van der Waals surface area contributed by atoms with E-state index in [0.29, 0.717) is 19.2 Å². The molecule has 1 rings (SSSR count). The van der Waals surface area contributed by atoms with E-state index in [1.165, 1.54) is 11.9 Å². The minimum Gasteiger partial charge on any atom is -0.348 e. The summed E-state index contributed by atoms with van der Waals surface area (Å²) in [6.45, 7) is 4.79. The van der Waals surface area contributed by atoms with E-state index >= 15 is 0 Å². The maximum absolute atomic E-state index is 13.7. The van der Waals surface area contributed by atoms with E-state index in [0.717, 1.165) is 0 Å². The second kappa shape index (κ2) is 6.99. The zero-order valence-corrected chi connectivity index (χ0v) is 11.8. The Kier molecular flexibility index (Phi) is 5.63. The molecule has 112 valence electrons. The number of hydrazine groups is 1. The molecule has 0 unspecified atom stereocenters. The number of halogens is 2. The number of anilines is 2. The summed E-state index contributed by atoms with van der Waals surface area (Å²) >= 11 is 0. The highest BCUT2D eigenvalue weighted by atomic mass is 19.1. The van der Waals surface area contributed by atoms with Crippen LogP contribution in [0.1, 0.15) is 13.8 Å². The maximum Gasteiger partial charge on any atom is 0.242 e. The van der Waals surface area contributed by atoms with Gasteiger partial charge in [-0.3, -0.25) is 4.79 Å². The van der Waals surface area contributed by atoms with Crippen LogP contribution in [0.3, 0.4) is 0 Å². The van der Waals surface area contributed by atoms with Gasteiger partial charge in [0.25, 0.3) is 0 Å². The fourth-order valence-corrected chi connectivity index (χ4v) is 1.78. The Morgan fingerprint density at radius 3 is 2.45 bits per heavy atom. The number of carbonyl (C=O) groups excluding carboxylic acids is 1. The van der Waals surface area contributed by atoms with Gasteiger partial charge in [-0.2, -0.15) is 0 Å². The third-order valence-corrected chi connectivity index (χ3v) is 2.90. The molecular weight excluding hydrogens is 268 g/mol. The van der Waals surface area contributed by atoms with Gasteiger partial charge in [-0.15, -0.1) is 0 Å². The van der Waals surface area contributed by atoms with Crippen LogP contribution in [0.4, 0.5) is 20.4 Å². The number of aromatic nitrogens is 1. The summed E-state index contributed by atoms with van der Waals surface area (Å²) in [5.74, 6) is 2.78. The highest BCUT2D eigenvalue weighted by Gasteiger charge is 2.18. The van der Waals surface area contributed by atoms with E-state index in [9.17, 15) is 13.6 Å². The molecule has 6 nitrogen and oxygen atoms in total. The number of nitrogens with two attached hydrogens (primary N) is 1. The third kappa shape index (κ3) is 3.53. The van der Waals surface area contributed by atoms with Gasteiger partial charge >= 0.3 is 0 Å². The first-order valence-electron chi connectivity index (χ1n) is 6.26. The Bertz CT molecular complexity index is 479. The summed E-state index contributed by atoms with van der Waals surface area (Å²) in [6.07, 6.45) is 0. The molecule has 0 aromatic carbocycles. The normalized spacial score (nSPS) is 10.3. The molecular formula is C12H19F2N5O. The molecule has 1 aromatic heterocycles. The van der Waals surface area contributed by atoms with Crippen molar-refractivity contribution in [1.82, 2.24) is 9.88 Å². The highest BCUT2D eigenvalue weighted by molar-refractivity contribution is 5.81. The quantitative estimate of drug-likeness (QED) is 0.602. The molecule has 8 heteroatoms. The van der Waals surface area contributed by atoms with Crippen molar-refractivity contribution in [3.05, 3.63) is 17.7 Å². The van der Waals surface area contributed by atoms with E-state index in [2.05, 4.69) is 4.98 Å². The van der Waals surface area contributed by atoms with Crippen LogP contribution in [-0.4, -0.2) is 42.5 Å². The topological polar surface area (TPSA) is 74.5 Å². The lowest BCUT2D eigenvalue weighted by atomic mass is 10.3. The van der Waals surface area contributed by atoms with Gasteiger partial charge in [0.05, 0.1) is 6.54 Å². The van der Waals surface area contributed by atoms with Crippen molar-refractivity contribution in [3.63, 3.8) is 0 Å². The number of hydrogen-bond acceptors (Lipinski definition) is 5. The predicted molar refractivity (Wildman–Crippen MR) is 73.2 cm³/mol. The summed E-state index contributed by atoms with van der Waals surface area (Å²) < 4.78 is 27.0. The molecule has 1 aromatic rings. The number of amides is 1. The van der Waals surface area contributed by atoms with Gasteiger partial charge in [-0.1, -0.05) is 0 Å². The average Bonchev–Trinajstić information content (AvgIpc) is 2.40. The number of hydrogen-bond donors (Lipinski definition) is 2. The van der Waals surface area contributed by atoms with Crippen molar-refractivity contribution in [2.45, 2.75) is 13.8 Å². The Morgan fingerprint density at radius 2 is 1.95 bits per heavy atom. The molecule has 0 fully saturated rings. The van der Waals surface area contributed by atoms with Crippen LogP contribution in [0.5, 0.6) is 0 Å². The van der Waals surface area contributed by atoms with Crippen molar-refractivity contribution in [2.75, 3.05) is 37.0 Å². The summed E-state index contributed by atoms with van der Waals surface area (Å²) in [4.78, 5) is 18.6. The lowest BCUT2D eigenvalue weighted by Crippen LogP contribution is -2.39. The number of carbonyl (C=O) groups is 1. The second-order valence-corrected chi connectivity index (χ2v) is 4.19. The van der Waals surface area contributed by atoms with E-state index in [1.54, 1.807) is 4.90 Å². The first-order valence-corrected chi connectivity index (χ1v) is 6.26. The molecule has 3 N–H and O–H groups in total. The van der Waals surface area contributed by atoms with Gasteiger partial charge in [-0.25, -0.2) is 19.6 Å². The van der Waals surface area contributed by atoms with Crippen LogP contribution in [0.2, 0.25) is 0 Å². The third-order valence-electron chi connectivity index (χ3n) is 2.90. The molecule has 0 atom stereocenters. The van der Waals surface area contributed by atoms with Gasteiger partial charge in [-0.05, 0) is 13.8 Å². The van der Waals surface area contributed by atoms with Crippen LogP contribution in [0, 0.1) is 11.6 Å². The van der Waals surface area contributed by atoms with E-state index < -0.39 is 11.6 Å². The van der Waals surface area contributed by atoms with Crippen LogP contribution >= 0.6 is 0 Å². The Hall–Kier alpha value is -1.96. The Labute approximate surface area is 116 Å². The molecule has 1 amide bonds. The monoisotopic (exact) mass is 287 g/mol. The zero-order valence-electron chi connectivity index (χ0n) is 11.8. The van der Waals surface area contributed by atoms with Gasteiger partial charge in [0, 0.05) is 26.2 Å². The lowest BCUT2D eigenvalue weighted by molar-refractivity contribution is -0.129. The predicted octanol–water partition coefficient (Wildman–Crippen LogP) is 0.950. The molecule has 1 heterocycles. The minimum atomic E-state index is -0.891. The molecule has 0 bridgehead atoms. The molecule has 0 saturated carbocycles. The van der Waals surface area contributed by atoms with Crippen molar-refractivity contribution in [2.24, 2.45) is 5.84 Å². The first kappa shape index (κ1) is 16.1. The Balaban J connectivity index is 2.92. The number of rotatable bonds is 6. The van der Waals surface area contributed by atoms with Gasteiger partial charge in [0.2, 0.25) is 5.91 Å². The largest absolute Gasteiger partial charge is 0.348 e. The lowest BCUT2D eigenvalue weighted by Gasteiger charge is -2.24. The smallest absolute Gasteiger partial charge is 0.242 e. The summed E-state index contributed by atoms with van der Waals surface area (Å²) in [7, 11) is 1.50. The Morgan fingerprint density at radius 1 is 1.35 bits per heavy atom. The van der Waals surface area contributed by atoms with Crippen molar-refractivity contribution in [3.8, 4) is 0 Å². The SMILES string of the molecule is CCN(CC)C(=O)CN(C)c1nc(NN)c(F)cc1F. The van der Waals surface area contributed by atoms with Crippen molar-refractivity contribution >= 4 is 17.5 Å². The van der Waals surface area contributed by atoms with E-state index in [-0.39, 0.29) is 24.1 Å². The molecule has 0 spiro atoms. The number of nitrogen functional groups attached to an aromatic ring is 1. The zero-order chi connectivity index (χ0) is 15.3. The van der Waals surface area contributed by atoms with Gasteiger partial charge in [0.15, 0.2) is 23.3 Å². The van der Waals surface area contributed by atoms with Crippen LogP contribution in [0.25, 0.3) is 0 Å². The molecule has 0 aliphatic rings. The second-order valence-electron chi connectivity index (χ2n) is 4.19. The maximum atomic E-state index is 13.7. The van der Waals surface area contributed by atoms with Crippen LogP contribution in [-0.2, 0) is 4.79 Å². The van der Waals surface area contributed by atoms with Crippen molar-refractivity contribution < 1.29 is 13.6 Å². The van der Waals surface area contributed by atoms with E-state index in [4.69, 9.17) is 5.84 Å². The van der Waals surface area contributed by atoms with Crippen LogP contribution < -0.4 is 16.2 Å². The number of pyridine rings is 1. The van der Waals surface area contributed by atoms with E-state index in [1.807, 2.05) is 19.3 Å². The van der Waals surface area contributed by atoms with Gasteiger partial charge < -0.3 is 15.2 Å². The summed E-state index contributed by atoms with van der Waals surface area (Å²) in [5, 5.41) is 0. The minimum absolute atomic E-state index is 0.0543. The standard InChI is InChI=1S/C12H19F2N5O/c1-4-19(5-2)10(20)7-18(3)12-9(14)6-8(13)11(16-12)17-15/h6H,4-5,7,15H2,1-3H3,(H,16,17). The summed E-state index contributed by atoms with van der Waals surface area (Å²) in [6, 6.07) is 0.677. The highest BCUT2D eigenvalue weighted by Crippen LogP contribution is 2.20. The molecule has 20 heavy (non-hydrogen) atoms. The molecule has 0 aliphatic carbocycles. The van der Waals surface area contributed by atoms with Gasteiger partial charge in [0.1, 0.15) is 0 Å². The average molecular weight is 287 g/mol. The molecule has 0 radical (unpaired) electrons. The molecule has 0 aliphatic heterocycles. The van der Waals surface area contributed by atoms with Crippen molar-refractivity contribution in [1.29, 1.82) is 0 Å². The fraction of sp³-hybridized carbons (Fsp3) is 0.500. The van der Waals surface area contributed by atoms with Crippen LogP contribution in [0.15, 0.2) is 6.07 Å².